The van der Waals surface area contributed by atoms with Gasteiger partial charge >= 0.3 is 0 Å². The Balaban J connectivity index is 1.93. The van der Waals surface area contributed by atoms with Crippen molar-refractivity contribution in [2.24, 2.45) is 5.73 Å². The van der Waals surface area contributed by atoms with Gasteiger partial charge in [0.15, 0.2) is 0 Å². The first kappa shape index (κ1) is 13.4. The summed E-state index contributed by atoms with van der Waals surface area (Å²) in [5.41, 5.74) is 7.66. The number of hydrogen-bond donors (Lipinski definition) is 1. The first-order valence-electron chi connectivity index (χ1n) is 7.30. The predicted octanol–water partition coefficient (Wildman–Crippen LogP) is 1.81. The van der Waals surface area contributed by atoms with Gasteiger partial charge in [0.1, 0.15) is 11.3 Å². The molecule has 2 N–H and O–H groups in total. The minimum atomic E-state index is -0.881. The van der Waals surface area contributed by atoms with Crippen molar-refractivity contribution in [3.05, 3.63) is 29.3 Å². The smallest absolute Gasteiger partial charge is 0.247 e. The summed E-state index contributed by atoms with van der Waals surface area (Å²) in [7, 11) is 3.55. The topological polar surface area (TPSA) is 55.6 Å². The van der Waals surface area contributed by atoms with Crippen LogP contribution in [0.2, 0.25) is 0 Å². The largest absolute Gasteiger partial charge is 0.496 e. The zero-order valence-electron chi connectivity index (χ0n) is 12.2. The van der Waals surface area contributed by atoms with Crippen molar-refractivity contribution < 1.29 is 9.53 Å². The molecule has 1 atom stereocenters. The van der Waals surface area contributed by atoms with E-state index < -0.39 is 5.54 Å². The van der Waals surface area contributed by atoms with E-state index in [0.717, 1.165) is 36.1 Å². The highest BCUT2D eigenvalue weighted by Crippen LogP contribution is 2.41. The van der Waals surface area contributed by atoms with Crippen LogP contribution in [0, 0.1) is 0 Å². The summed E-state index contributed by atoms with van der Waals surface area (Å²) >= 11 is 0. The Kier molecular flexibility index (Phi) is 3.21. The van der Waals surface area contributed by atoms with Crippen molar-refractivity contribution in [1.29, 1.82) is 0 Å². The van der Waals surface area contributed by atoms with Crippen molar-refractivity contribution in [3.8, 4) is 5.75 Å². The predicted molar refractivity (Wildman–Crippen MR) is 77.6 cm³/mol. The molecule has 1 saturated carbocycles. The van der Waals surface area contributed by atoms with Crippen LogP contribution in [0.5, 0.6) is 5.75 Å². The monoisotopic (exact) mass is 274 g/mol. The zero-order chi connectivity index (χ0) is 14.3. The maximum atomic E-state index is 12.8. The highest BCUT2D eigenvalue weighted by molar-refractivity contribution is 5.89. The number of nitrogens with two attached hydrogens (primary N) is 1. The lowest BCUT2D eigenvalue weighted by molar-refractivity contribution is -0.139. The van der Waals surface area contributed by atoms with Gasteiger partial charge in [-0.2, -0.15) is 0 Å². The Morgan fingerprint density at radius 2 is 2.20 bits per heavy atom. The van der Waals surface area contributed by atoms with Gasteiger partial charge in [0.05, 0.1) is 7.11 Å². The number of fused-ring (bicyclic) bond motifs is 1. The number of methoxy groups -OCH3 is 1. The molecule has 0 aliphatic heterocycles. The summed E-state index contributed by atoms with van der Waals surface area (Å²) in [6, 6.07) is 6.20. The van der Waals surface area contributed by atoms with Crippen molar-refractivity contribution >= 4 is 5.91 Å². The third-order valence-electron chi connectivity index (χ3n) is 4.93. The molecule has 1 amide bonds. The van der Waals surface area contributed by atoms with Gasteiger partial charge in [0.25, 0.3) is 0 Å². The molecule has 0 bridgehead atoms. The number of carbonyl (C=O) groups excluding carboxylic acids is 1. The number of amides is 1. The van der Waals surface area contributed by atoms with E-state index >= 15 is 0 Å². The van der Waals surface area contributed by atoms with Crippen LogP contribution < -0.4 is 10.5 Å². The molecule has 2 aliphatic carbocycles. The van der Waals surface area contributed by atoms with Gasteiger partial charge in [-0.05, 0) is 49.3 Å². The molecule has 1 aromatic carbocycles. The summed E-state index contributed by atoms with van der Waals surface area (Å²) < 4.78 is 5.39. The molecule has 1 aromatic rings. The van der Waals surface area contributed by atoms with E-state index in [4.69, 9.17) is 10.5 Å². The fourth-order valence-electron chi connectivity index (χ4n) is 3.37. The third-order valence-corrected chi connectivity index (χ3v) is 4.93. The van der Waals surface area contributed by atoms with E-state index in [1.807, 2.05) is 30.1 Å². The molecular formula is C16H22N2O2. The second-order valence-electron chi connectivity index (χ2n) is 5.96. The average Bonchev–Trinajstić information content (AvgIpc) is 2.75. The molecule has 3 rings (SSSR count). The lowest BCUT2D eigenvalue weighted by Gasteiger charge is -2.39. The van der Waals surface area contributed by atoms with E-state index in [1.165, 1.54) is 6.42 Å². The molecule has 0 radical (unpaired) electrons. The minimum absolute atomic E-state index is 0.0502. The number of nitrogens with zero attached hydrogens (tertiary/aromatic N) is 1. The van der Waals surface area contributed by atoms with E-state index in [1.54, 1.807) is 7.11 Å². The van der Waals surface area contributed by atoms with E-state index in [0.29, 0.717) is 12.5 Å². The lowest BCUT2D eigenvalue weighted by atomic mass is 9.87. The van der Waals surface area contributed by atoms with Gasteiger partial charge in [0, 0.05) is 13.1 Å². The van der Waals surface area contributed by atoms with Crippen molar-refractivity contribution in [2.75, 3.05) is 14.2 Å². The Labute approximate surface area is 119 Å². The number of hydrogen-bond acceptors (Lipinski definition) is 3. The summed E-state index contributed by atoms with van der Waals surface area (Å²) in [6.45, 7) is 0. The molecule has 0 aromatic heterocycles. The Hall–Kier alpha value is -1.55. The molecular weight excluding hydrogens is 252 g/mol. The number of likely N-dealkylation sites (N-methyl/N-ethyl adjacent to an activating group) is 1. The van der Waals surface area contributed by atoms with Crippen molar-refractivity contribution in [1.82, 2.24) is 4.90 Å². The van der Waals surface area contributed by atoms with Gasteiger partial charge in [-0.25, -0.2) is 0 Å². The van der Waals surface area contributed by atoms with Crippen LogP contribution in [0.15, 0.2) is 18.2 Å². The Bertz CT molecular complexity index is 539. The Morgan fingerprint density at radius 1 is 1.45 bits per heavy atom. The quantitative estimate of drug-likeness (QED) is 0.914. The van der Waals surface area contributed by atoms with Crippen molar-refractivity contribution in [2.45, 2.75) is 43.7 Å². The van der Waals surface area contributed by atoms with Gasteiger partial charge in [0.2, 0.25) is 5.91 Å². The highest BCUT2D eigenvalue weighted by Gasteiger charge is 2.45. The molecule has 4 heteroatoms. The number of carbonyl (C=O) groups is 1. The molecule has 20 heavy (non-hydrogen) atoms. The van der Waals surface area contributed by atoms with Crippen LogP contribution in [0.25, 0.3) is 0 Å². The Morgan fingerprint density at radius 3 is 2.80 bits per heavy atom. The fraction of sp³-hybridized carbons (Fsp3) is 0.562. The summed E-state index contributed by atoms with van der Waals surface area (Å²) in [5, 5.41) is 0. The van der Waals surface area contributed by atoms with Crippen molar-refractivity contribution in [3.63, 3.8) is 0 Å². The number of rotatable bonds is 3. The number of benzene rings is 1. The summed E-state index contributed by atoms with van der Waals surface area (Å²) in [5.74, 6) is 0.892. The first-order valence-corrected chi connectivity index (χ1v) is 7.30. The molecule has 4 nitrogen and oxygen atoms in total. The average molecular weight is 274 g/mol. The first-order chi connectivity index (χ1) is 9.58. The minimum Gasteiger partial charge on any atom is -0.496 e. The maximum Gasteiger partial charge on any atom is 0.247 e. The standard InChI is InChI=1S/C16H22N2O2/c1-18(11-5-3-6-11)15(19)16(17)10-9-12-13(16)7-4-8-14(12)20-2/h4,7-8,11H,3,5-6,9-10,17H2,1-2H3. The van der Waals surface area contributed by atoms with Crippen LogP contribution in [0.4, 0.5) is 0 Å². The van der Waals surface area contributed by atoms with E-state index in [9.17, 15) is 4.79 Å². The van der Waals surface area contributed by atoms with Gasteiger partial charge in [-0.1, -0.05) is 12.1 Å². The normalized spacial score (nSPS) is 24.9. The maximum absolute atomic E-state index is 12.8. The van der Waals surface area contributed by atoms with Gasteiger partial charge in [-0.3, -0.25) is 4.79 Å². The molecule has 108 valence electrons. The zero-order valence-corrected chi connectivity index (χ0v) is 12.2. The molecule has 0 spiro atoms. The molecule has 0 saturated heterocycles. The van der Waals surface area contributed by atoms with Crippen LogP contribution in [0.3, 0.4) is 0 Å². The van der Waals surface area contributed by atoms with E-state index in [-0.39, 0.29) is 5.91 Å². The second-order valence-corrected chi connectivity index (χ2v) is 5.96. The molecule has 2 aliphatic rings. The molecule has 1 unspecified atom stereocenters. The highest BCUT2D eigenvalue weighted by atomic mass is 16.5. The SMILES string of the molecule is COc1cccc2c1CCC2(N)C(=O)N(C)C1CCC1. The lowest BCUT2D eigenvalue weighted by Crippen LogP contribution is -2.54. The van der Waals surface area contributed by atoms with Crippen LogP contribution in [-0.2, 0) is 16.8 Å². The second kappa shape index (κ2) is 4.77. The van der Waals surface area contributed by atoms with Gasteiger partial charge in [-0.15, -0.1) is 0 Å². The molecule has 1 fully saturated rings. The van der Waals surface area contributed by atoms with Gasteiger partial charge < -0.3 is 15.4 Å². The van der Waals surface area contributed by atoms with E-state index in [2.05, 4.69) is 0 Å². The van der Waals surface area contributed by atoms with Crippen LogP contribution in [-0.4, -0.2) is 31.0 Å². The van der Waals surface area contributed by atoms with Crippen LogP contribution >= 0.6 is 0 Å². The fourth-order valence-corrected chi connectivity index (χ4v) is 3.37. The number of ether oxygens (including phenoxy) is 1. The third kappa shape index (κ3) is 1.82. The summed E-state index contributed by atoms with van der Waals surface area (Å²) in [6.07, 6.45) is 4.88. The summed E-state index contributed by atoms with van der Waals surface area (Å²) in [4.78, 5) is 14.7. The molecule has 0 heterocycles. The van der Waals surface area contributed by atoms with Crippen LogP contribution in [0.1, 0.15) is 36.8 Å².